The van der Waals surface area contributed by atoms with Crippen LogP contribution in [0.4, 0.5) is 4.39 Å². The third-order valence-corrected chi connectivity index (χ3v) is 8.28. The highest BCUT2D eigenvalue weighted by Crippen LogP contribution is 2.40. The zero-order chi connectivity index (χ0) is 26.9. The van der Waals surface area contributed by atoms with Gasteiger partial charge in [-0.05, 0) is 49.6 Å². The van der Waals surface area contributed by atoms with Gasteiger partial charge in [0.05, 0.1) is 33.6 Å². The number of nitrogens with zero attached hydrogens (tertiary/aromatic N) is 5. The van der Waals surface area contributed by atoms with Crippen molar-refractivity contribution >= 4 is 39.9 Å². The lowest BCUT2D eigenvalue weighted by Crippen LogP contribution is -2.35. The minimum Gasteiger partial charge on any atom is -0.496 e. The van der Waals surface area contributed by atoms with E-state index in [0.717, 1.165) is 31.2 Å². The van der Waals surface area contributed by atoms with Gasteiger partial charge in [-0.2, -0.15) is 5.10 Å². The molecule has 1 aliphatic carbocycles. The van der Waals surface area contributed by atoms with Crippen molar-refractivity contribution in [1.82, 2.24) is 35.0 Å². The van der Waals surface area contributed by atoms with Crippen LogP contribution in [0.25, 0.3) is 33.9 Å². The normalized spacial score (nSPS) is 17.7. The number of rotatable bonds is 6. The molecular weight excluding hydrogens is 541 g/mol. The Morgan fingerprint density at radius 2 is 2.10 bits per heavy atom. The topological polar surface area (TPSA) is 111 Å². The van der Waals surface area contributed by atoms with E-state index in [0.29, 0.717) is 44.2 Å². The van der Waals surface area contributed by atoms with Gasteiger partial charge in [-0.3, -0.25) is 14.9 Å². The van der Waals surface area contributed by atoms with Crippen LogP contribution in [0.5, 0.6) is 5.75 Å². The van der Waals surface area contributed by atoms with E-state index >= 15 is 4.39 Å². The number of amides is 1. The summed E-state index contributed by atoms with van der Waals surface area (Å²) >= 11 is 7.31. The fourth-order valence-corrected chi connectivity index (χ4v) is 6.23. The minimum atomic E-state index is -0.428. The highest BCUT2D eigenvalue weighted by molar-refractivity contribution is 7.18. The molecular formula is C27H25ClFN7O2S. The summed E-state index contributed by atoms with van der Waals surface area (Å²) < 4.78 is 23.6. The third-order valence-electron chi connectivity index (χ3n) is 7.05. The summed E-state index contributed by atoms with van der Waals surface area (Å²) in [6.45, 7) is 0. The lowest BCUT2D eigenvalue weighted by Gasteiger charge is -2.25. The van der Waals surface area contributed by atoms with Gasteiger partial charge in [-0.1, -0.05) is 30.5 Å². The number of thiophene rings is 1. The molecule has 2 atom stereocenters. The van der Waals surface area contributed by atoms with Crippen molar-refractivity contribution in [2.75, 3.05) is 7.11 Å². The van der Waals surface area contributed by atoms with E-state index in [4.69, 9.17) is 21.3 Å². The molecule has 1 amide bonds. The maximum absolute atomic E-state index is 15.4. The summed E-state index contributed by atoms with van der Waals surface area (Å²) in [5.41, 5.74) is 2.30. The number of nitrogens with one attached hydrogen (secondary N) is 2. The van der Waals surface area contributed by atoms with Crippen molar-refractivity contribution in [2.24, 2.45) is 0 Å². The molecule has 0 bridgehead atoms. The fourth-order valence-electron chi connectivity index (χ4n) is 5.29. The highest BCUT2D eigenvalue weighted by Gasteiger charge is 2.29. The molecule has 0 aliphatic heterocycles. The first-order valence-corrected chi connectivity index (χ1v) is 13.8. The van der Waals surface area contributed by atoms with Gasteiger partial charge in [0.1, 0.15) is 34.9 Å². The number of hydrogen-bond acceptors (Lipinski definition) is 7. The minimum absolute atomic E-state index is 0.0704. The van der Waals surface area contributed by atoms with Gasteiger partial charge in [0.15, 0.2) is 5.82 Å². The molecule has 1 aliphatic rings. The molecule has 0 radical (unpaired) electrons. The van der Waals surface area contributed by atoms with Gasteiger partial charge in [-0.25, -0.2) is 14.4 Å². The van der Waals surface area contributed by atoms with Crippen LogP contribution < -0.4 is 10.1 Å². The maximum Gasteiger partial charge on any atom is 0.261 e. The summed E-state index contributed by atoms with van der Waals surface area (Å²) in [4.78, 5) is 27.1. The molecule has 4 heterocycles. The number of aromatic amines is 1. The van der Waals surface area contributed by atoms with E-state index in [1.54, 1.807) is 30.5 Å². The molecule has 12 heteroatoms. The summed E-state index contributed by atoms with van der Waals surface area (Å²) in [6.07, 6.45) is 7.34. The molecule has 5 aromatic rings. The molecule has 0 spiro atoms. The fraction of sp³-hybridized carbons (Fsp3) is 0.296. The van der Waals surface area contributed by atoms with Gasteiger partial charge < -0.3 is 14.6 Å². The van der Waals surface area contributed by atoms with Gasteiger partial charge >= 0.3 is 0 Å². The van der Waals surface area contributed by atoms with Crippen molar-refractivity contribution in [3.05, 3.63) is 64.0 Å². The molecule has 1 fully saturated rings. The average Bonchev–Trinajstić information content (AvgIpc) is 3.66. The van der Waals surface area contributed by atoms with Crippen LogP contribution in [0, 0.1) is 5.82 Å². The van der Waals surface area contributed by atoms with Crippen LogP contribution >= 0.6 is 22.9 Å². The van der Waals surface area contributed by atoms with E-state index in [-0.39, 0.29) is 23.6 Å². The highest BCUT2D eigenvalue weighted by atomic mass is 35.5. The summed E-state index contributed by atoms with van der Waals surface area (Å²) in [5.74, 6) is 0.806. The lowest BCUT2D eigenvalue weighted by atomic mass is 10.0. The molecule has 1 saturated carbocycles. The van der Waals surface area contributed by atoms with E-state index in [1.165, 1.54) is 30.8 Å². The predicted molar refractivity (Wildman–Crippen MR) is 148 cm³/mol. The number of H-pyrrole nitrogens is 1. The number of methoxy groups -OCH3 is 1. The first-order chi connectivity index (χ1) is 19.0. The number of benzene rings is 1. The van der Waals surface area contributed by atoms with Gasteiger partial charge in [0, 0.05) is 12.1 Å². The number of halogens is 2. The smallest absolute Gasteiger partial charge is 0.261 e. The Kier molecular flexibility index (Phi) is 7.01. The largest absolute Gasteiger partial charge is 0.496 e. The molecule has 4 aromatic heterocycles. The SMILES string of the molecule is COc1cccc(F)c1-c1nc2cnc(-c3ncn[nH]3)cc2n1C1CCCCC(NC(=O)c2ccc(Cl)s2)C1. The van der Waals surface area contributed by atoms with E-state index in [1.807, 2.05) is 6.07 Å². The monoisotopic (exact) mass is 565 g/mol. The summed E-state index contributed by atoms with van der Waals surface area (Å²) in [7, 11) is 1.52. The number of pyridine rings is 1. The van der Waals surface area contributed by atoms with Crippen LogP contribution in [0.1, 0.15) is 47.8 Å². The van der Waals surface area contributed by atoms with Crippen molar-refractivity contribution in [2.45, 2.75) is 44.2 Å². The number of fused-ring (bicyclic) bond motifs is 1. The predicted octanol–water partition coefficient (Wildman–Crippen LogP) is 6.05. The van der Waals surface area contributed by atoms with Crippen LogP contribution in [0.15, 0.2) is 48.9 Å². The Balaban J connectivity index is 1.45. The quantitative estimate of drug-likeness (QED) is 0.242. The number of carbonyl (C=O) groups is 1. The average molecular weight is 566 g/mol. The van der Waals surface area contributed by atoms with Crippen molar-refractivity contribution in [1.29, 1.82) is 0 Å². The molecule has 2 N–H and O–H groups in total. The molecule has 2 unspecified atom stereocenters. The Labute approximate surface area is 232 Å². The van der Waals surface area contributed by atoms with Crippen molar-refractivity contribution < 1.29 is 13.9 Å². The Morgan fingerprint density at radius 3 is 2.87 bits per heavy atom. The van der Waals surface area contributed by atoms with Crippen LogP contribution in [0.3, 0.4) is 0 Å². The molecule has 9 nitrogen and oxygen atoms in total. The lowest BCUT2D eigenvalue weighted by molar-refractivity contribution is 0.0935. The maximum atomic E-state index is 15.4. The van der Waals surface area contributed by atoms with E-state index < -0.39 is 5.82 Å². The standard InChI is InChI=1S/C27H25ClFN7O2S/c1-38-21-8-4-7-17(29)24(21)26-34-19-13-30-18(25-31-14-32-35-25)12-20(19)36(26)16-6-3-2-5-15(11-16)33-27(37)22-9-10-23(28)39-22/h4,7-10,12-16H,2-3,5-6,11H2,1H3,(H,33,37)(H,31,32,35). The second-order valence-corrected chi connectivity index (χ2v) is 11.2. The number of hydrogen-bond donors (Lipinski definition) is 2. The molecule has 39 heavy (non-hydrogen) atoms. The first-order valence-electron chi connectivity index (χ1n) is 12.6. The van der Waals surface area contributed by atoms with E-state index in [2.05, 4.69) is 30.0 Å². The molecule has 200 valence electrons. The van der Waals surface area contributed by atoms with Crippen LogP contribution in [-0.2, 0) is 0 Å². The summed E-state index contributed by atoms with van der Waals surface area (Å²) in [5, 5.41) is 9.99. The number of aromatic nitrogens is 6. The number of imidazole rings is 1. The molecule has 0 saturated heterocycles. The zero-order valence-electron chi connectivity index (χ0n) is 21.0. The van der Waals surface area contributed by atoms with E-state index in [9.17, 15) is 4.79 Å². The number of carbonyl (C=O) groups excluding carboxylic acids is 1. The van der Waals surface area contributed by atoms with Crippen molar-refractivity contribution in [3.8, 4) is 28.7 Å². The van der Waals surface area contributed by atoms with Gasteiger partial charge in [0.25, 0.3) is 5.91 Å². The second kappa shape index (κ2) is 10.7. The van der Waals surface area contributed by atoms with Gasteiger partial charge in [-0.15, -0.1) is 11.3 Å². The Bertz CT molecular complexity index is 1630. The summed E-state index contributed by atoms with van der Waals surface area (Å²) in [6, 6.07) is 9.95. The van der Waals surface area contributed by atoms with Crippen LogP contribution in [-0.4, -0.2) is 48.8 Å². The first kappa shape index (κ1) is 25.4. The second-order valence-electron chi connectivity index (χ2n) is 9.46. The zero-order valence-corrected chi connectivity index (χ0v) is 22.6. The Morgan fingerprint density at radius 1 is 1.23 bits per heavy atom. The molecule has 6 rings (SSSR count). The van der Waals surface area contributed by atoms with Gasteiger partial charge in [0.2, 0.25) is 0 Å². The Hall–Kier alpha value is -3.83. The van der Waals surface area contributed by atoms with Crippen molar-refractivity contribution in [3.63, 3.8) is 0 Å². The van der Waals surface area contributed by atoms with Crippen LogP contribution in [0.2, 0.25) is 4.34 Å². The third kappa shape index (κ3) is 4.99. The number of ether oxygens (including phenoxy) is 1. The molecule has 1 aromatic carbocycles.